The van der Waals surface area contributed by atoms with Gasteiger partial charge in [-0.15, -0.1) is 0 Å². The molecule has 1 N–H and O–H groups in total. The highest BCUT2D eigenvalue weighted by Crippen LogP contribution is 2.22. The second-order valence-corrected chi connectivity index (χ2v) is 5.93. The summed E-state index contributed by atoms with van der Waals surface area (Å²) in [6.07, 6.45) is -2.76. The summed E-state index contributed by atoms with van der Waals surface area (Å²) in [5, 5.41) is 2.18. The number of hydrogen-bond acceptors (Lipinski definition) is 9. The van der Waals surface area contributed by atoms with Crippen molar-refractivity contribution < 1.29 is 38.2 Å². The molecule has 0 spiro atoms. The summed E-state index contributed by atoms with van der Waals surface area (Å²) >= 11 is 5.01. The third kappa shape index (κ3) is 6.06. The van der Waals surface area contributed by atoms with Crippen LogP contribution in [0.5, 0.6) is 0 Å². The summed E-state index contributed by atoms with van der Waals surface area (Å²) in [6, 6.07) is -1.03. The molecule has 26 heavy (non-hydrogen) atoms. The number of nitrogens with zero attached hydrogens (tertiary/aromatic N) is 1. The Kier molecular flexibility index (Phi) is 7.62. The quantitative estimate of drug-likeness (QED) is 0.361. The van der Waals surface area contributed by atoms with Crippen LogP contribution < -0.4 is 5.32 Å². The van der Waals surface area contributed by atoms with Crippen LogP contribution in [0.1, 0.15) is 34.1 Å². The molecule has 1 fully saturated rings. The van der Waals surface area contributed by atoms with Gasteiger partial charge in [0, 0.05) is 27.7 Å². The van der Waals surface area contributed by atoms with E-state index in [4.69, 9.17) is 26.4 Å². The summed E-state index contributed by atoms with van der Waals surface area (Å²) in [4.78, 5) is 59.0. The van der Waals surface area contributed by atoms with Crippen molar-refractivity contribution in [3.63, 3.8) is 0 Å². The standard InChI is InChI=1S/C15H20N2O8S/c1-7(18)17-11(5-13(22)16-15(17)26)14(25-10(4)21)12(24-9(3)20)6-23-8(2)19/h11-12,14H,5-6H2,1-4H3,(H,16,22,26)/t11-,12-,14+/m1/s1. The molecular formula is C15H20N2O8S. The number of nitrogens with one attached hydrogen (secondary N) is 1. The van der Waals surface area contributed by atoms with Gasteiger partial charge in [-0.1, -0.05) is 0 Å². The number of rotatable bonds is 6. The fourth-order valence-electron chi connectivity index (χ4n) is 2.50. The van der Waals surface area contributed by atoms with Gasteiger partial charge in [0.1, 0.15) is 6.61 Å². The minimum absolute atomic E-state index is 0.162. The molecule has 0 aromatic heterocycles. The third-order valence-corrected chi connectivity index (χ3v) is 3.65. The average molecular weight is 388 g/mol. The number of ether oxygens (including phenoxy) is 3. The monoisotopic (exact) mass is 388 g/mol. The number of hydrogen-bond donors (Lipinski definition) is 1. The molecule has 0 bridgehead atoms. The first-order valence-corrected chi connectivity index (χ1v) is 8.05. The lowest BCUT2D eigenvalue weighted by atomic mass is 9.98. The van der Waals surface area contributed by atoms with E-state index in [1.165, 1.54) is 6.92 Å². The van der Waals surface area contributed by atoms with Crippen LogP contribution >= 0.6 is 12.2 Å². The van der Waals surface area contributed by atoms with Gasteiger partial charge >= 0.3 is 17.9 Å². The van der Waals surface area contributed by atoms with Gasteiger partial charge in [-0.05, 0) is 12.2 Å². The summed E-state index contributed by atoms with van der Waals surface area (Å²) < 4.78 is 15.2. The molecule has 1 heterocycles. The van der Waals surface area contributed by atoms with E-state index < -0.39 is 54.6 Å². The van der Waals surface area contributed by atoms with E-state index in [-0.39, 0.29) is 11.5 Å². The fraction of sp³-hybridized carbons (Fsp3) is 0.600. The highest BCUT2D eigenvalue weighted by atomic mass is 32.1. The molecule has 144 valence electrons. The molecule has 3 atom stereocenters. The minimum Gasteiger partial charge on any atom is -0.462 e. The van der Waals surface area contributed by atoms with Gasteiger partial charge < -0.3 is 19.5 Å². The Morgan fingerprint density at radius 3 is 2.15 bits per heavy atom. The van der Waals surface area contributed by atoms with Crippen molar-refractivity contribution in [1.82, 2.24) is 10.2 Å². The normalized spacial score (nSPS) is 19.1. The van der Waals surface area contributed by atoms with Crippen LogP contribution in [0, 0.1) is 0 Å². The number of thiocarbonyl (C=S) groups is 1. The van der Waals surface area contributed by atoms with Crippen molar-refractivity contribution in [2.75, 3.05) is 6.61 Å². The Morgan fingerprint density at radius 2 is 1.69 bits per heavy atom. The number of esters is 3. The highest BCUT2D eigenvalue weighted by Gasteiger charge is 2.44. The fourth-order valence-corrected chi connectivity index (χ4v) is 2.88. The number of carbonyl (C=O) groups excluding carboxylic acids is 5. The number of amides is 2. The predicted octanol–water partition coefficient (Wildman–Crippen LogP) is -0.565. The van der Waals surface area contributed by atoms with E-state index in [1.807, 2.05) is 0 Å². The Hall–Kier alpha value is -2.56. The van der Waals surface area contributed by atoms with E-state index in [1.54, 1.807) is 0 Å². The molecule has 0 aromatic carbocycles. The van der Waals surface area contributed by atoms with E-state index in [9.17, 15) is 24.0 Å². The van der Waals surface area contributed by atoms with Crippen LogP contribution in [0.25, 0.3) is 0 Å². The van der Waals surface area contributed by atoms with Crippen molar-refractivity contribution in [3.8, 4) is 0 Å². The molecular weight excluding hydrogens is 368 g/mol. The van der Waals surface area contributed by atoms with Crippen LogP contribution in [0.4, 0.5) is 0 Å². The maximum atomic E-state index is 12.0. The van der Waals surface area contributed by atoms with Gasteiger partial charge in [0.25, 0.3) is 0 Å². The van der Waals surface area contributed by atoms with Gasteiger partial charge in [-0.3, -0.25) is 28.9 Å². The molecule has 1 rings (SSSR count). The van der Waals surface area contributed by atoms with Crippen molar-refractivity contribution in [2.45, 2.75) is 52.4 Å². The van der Waals surface area contributed by atoms with Crippen LogP contribution in [-0.4, -0.2) is 64.6 Å². The van der Waals surface area contributed by atoms with Crippen molar-refractivity contribution in [2.24, 2.45) is 0 Å². The summed E-state index contributed by atoms with van der Waals surface area (Å²) in [5.41, 5.74) is 0. The highest BCUT2D eigenvalue weighted by molar-refractivity contribution is 7.80. The molecule has 0 radical (unpaired) electrons. The molecule has 11 heteroatoms. The van der Waals surface area contributed by atoms with Gasteiger partial charge in [0.05, 0.1) is 12.5 Å². The van der Waals surface area contributed by atoms with Crippen molar-refractivity contribution in [3.05, 3.63) is 0 Å². The Morgan fingerprint density at radius 1 is 1.12 bits per heavy atom. The minimum atomic E-state index is -1.27. The lowest BCUT2D eigenvalue weighted by Gasteiger charge is -2.40. The molecule has 0 aliphatic carbocycles. The molecule has 1 aliphatic heterocycles. The van der Waals surface area contributed by atoms with E-state index in [2.05, 4.69) is 5.32 Å². The SMILES string of the molecule is CC(=O)OC[C@@H](OC(C)=O)[C@@H](OC(C)=O)[C@H]1CC(=O)NC(=S)N1C(C)=O. The van der Waals surface area contributed by atoms with E-state index in [0.29, 0.717) is 0 Å². The molecule has 1 aliphatic rings. The first-order valence-electron chi connectivity index (χ1n) is 7.64. The zero-order chi connectivity index (χ0) is 20.0. The molecule has 0 unspecified atom stereocenters. The van der Waals surface area contributed by atoms with Gasteiger partial charge in [-0.2, -0.15) is 0 Å². The van der Waals surface area contributed by atoms with Crippen molar-refractivity contribution in [1.29, 1.82) is 0 Å². The summed E-state index contributed by atoms with van der Waals surface area (Å²) in [6.45, 7) is 4.17. The maximum absolute atomic E-state index is 12.0. The smallest absolute Gasteiger partial charge is 0.303 e. The predicted molar refractivity (Wildman–Crippen MR) is 89.4 cm³/mol. The molecule has 10 nitrogen and oxygen atoms in total. The van der Waals surface area contributed by atoms with Crippen LogP contribution in [-0.2, 0) is 38.2 Å². The van der Waals surface area contributed by atoms with Crippen LogP contribution in [0.15, 0.2) is 0 Å². The number of carbonyl (C=O) groups is 5. The first kappa shape index (κ1) is 21.5. The molecule has 0 saturated carbocycles. The maximum Gasteiger partial charge on any atom is 0.303 e. The molecule has 1 saturated heterocycles. The Bertz CT molecular complexity index is 635. The molecule has 0 aromatic rings. The Labute approximate surface area is 155 Å². The lowest BCUT2D eigenvalue weighted by Crippen LogP contribution is -2.63. The second kappa shape index (κ2) is 9.22. The van der Waals surface area contributed by atoms with Crippen LogP contribution in [0.2, 0.25) is 0 Å². The van der Waals surface area contributed by atoms with E-state index in [0.717, 1.165) is 25.7 Å². The van der Waals surface area contributed by atoms with Crippen LogP contribution in [0.3, 0.4) is 0 Å². The Balaban J connectivity index is 3.27. The van der Waals surface area contributed by atoms with Gasteiger partial charge in [0.2, 0.25) is 11.8 Å². The summed E-state index contributed by atoms with van der Waals surface area (Å²) in [5.74, 6) is -3.12. The van der Waals surface area contributed by atoms with Crippen molar-refractivity contribution >= 4 is 47.1 Å². The molecule has 2 amide bonds. The second-order valence-electron chi connectivity index (χ2n) is 5.54. The van der Waals surface area contributed by atoms with E-state index >= 15 is 0 Å². The zero-order valence-electron chi connectivity index (χ0n) is 14.8. The zero-order valence-corrected chi connectivity index (χ0v) is 15.6. The lowest BCUT2D eigenvalue weighted by molar-refractivity contribution is -0.179. The van der Waals surface area contributed by atoms with Gasteiger partial charge in [-0.25, -0.2) is 0 Å². The average Bonchev–Trinajstić information content (AvgIpc) is 2.47. The first-order chi connectivity index (χ1) is 12.0. The van der Waals surface area contributed by atoms with Gasteiger partial charge in [0.15, 0.2) is 17.3 Å². The third-order valence-electron chi connectivity index (χ3n) is 3.35. The summed E-state index contributed by atoms with van der Waals surface area (Å²) in [7, 11) is 0. The topological polar surface area (TPSA) is 128 Å². The largest absolute Gasteiger partial charge is 0.462 e.